The molecule has 0 spiro atoms. The number of anilines is 1. The number of nitrogens with zero attached hydrogens (tertiary/aromatic N) is 3. The van der Waals surface area contributed by atoms with E-state index in [4.69, 9.17) is 0 Å². The number of rotatable bonds is 6. The fraction of sp³-hybridized carbons (Fsp3) is 0.536. The second-order valence-corrected chi connectivity index (χ2v) is 10.4. The second-order valence-electron chi connectivity index (χ2n) is 10.4. The summed E-state index contributed by atoms with van der Waals surface area (Å²) in [6, 6.07) is 10.3. The van der Waals surface area contributed by atoms with E-state index in [0.29, 0.717) is 24.5 Å². The predicted molar refractivity (Wildman–Crippen MR) is 139 cm³/mol. The molecule has 2 unspecified atom stereocenters. The van der Waals surface area contributed by atoms with Gasteiger partial charge in [-0.3, -0.25) is 9.59 Å². The van der Waals surface area contributed by atoms with Crippen LogP contribution in [-0.2, 0) is 17.8 Å². The van der Waals surface area contributed by atoms with E-state index in [1.54, 1.807) is 6.92 Å². The quantitative estimate of drug-likeness (QED) is 0.575. The Morgan fingerprint density at radius 2 is 2.00 bits per heavy atom. The standard InChI is InChI=1S/C28H37N5O3/c1-3-19-16-33(17-26(35)25-12-20-6-4-5-7-21(20)14-29-25)28(36)23-13-27(30-15-24(19)23)31-22-8-10-32(11-9-22)18(2)34/h4-7,13,15,19,22,25-26,29,35H,3,8-12,14,16-17H2,1-2H3,(H,30,31)/t19?,25-,26?/m0/s1. The van der Waals surface area contributed by atoms with Gasteiger partial charge in [0.2, 0.25) is 5.91 Å². The van der Waals surface area contributed by atoms with Crippen molar-refractivity contribution in [3.8, 4) is 0 Å². The molecule has 1 fully saturated rings. The second kappa shape index (κ2) is 10.6. The molecule has 2 aromatic rings. The van der Waals surface area contributed by atoms with Crippen molar-refractivity contribution in [2.45, 2.75) is 70.2 Å². The number of hydrogen-bond donors (Lipinski definition) is 3. The average molecular weight is 492 g/mol. The predicted octanol–water partition coefficient (Wildman–Crippen LogP) is 2.53. The van der Waals surface area contributed by atoms with Gasteiger partial charge in [-0.05, 0) is 48.4 Å². The molecule has 0 radical (unpaired) electrons. The molecule has 1 aromatic heterocycles. The van der Waals surface area contributed by atoms with Crippen LogP contribution in [-0.4, -0.2) is 76.1 Å². The Kier molecular flexibility index (Phi) is 7.25. The Hall–Kier alpha value is -2.97. The zero-order valence-electron chi connectivity index (χ0n) is 21.2. The summed E-state index contributed by atoms with van der Waals surface area (Å²) >= 11 is 0. The van der Waals surface area contributed by atoms with E-state index in [-0.39, 0.29) is 29.8 Å². The van der Waals surface area contributed by atoms with Crippen LogP contribution in [0.4, 0.5) is 5.82 Å². The van der Waals surface area contributed by atoms with Crippen molar-refractivity contribution in [2.75, 3.05) is 31.5 Å². The van der Waals surface area contributed by atoms with Gasteiger partial charge in [-0.1, -0.05) is 31.2 Å². The van der Waals surface area contributed by atoms with Crippen molar-refractivity contribution in [3.05, 3.63) is 58.8 Å². The minimum Gasteiger partial charge on any atom is -0.390 e. The molecule has 0 bridgehead atoms. The molecule has 8 nitrogen and oxygen atoms in total. The van der Waals surface area contributed by atoms with Crippen LogP contribution in [0, 0.1) is 0 Å². The molecule has 3 aliphatic heterocycles. The molecule has 4 heterocycles. The first kappa shape index (κ1) is 24.7. The number of fused-ring (bicyclic) bond motifs is 2. The summed E-state index contributed by atoms with van der Waals surface area (Å²) in [4.78, 5) is 33.5. The Labute approximate surface area is 213 Å². The number of likely N-dealkylation sites (tertiary alicyclic amines) is 1. The van der Waals surface area contributed by atoms with Gasteiger partial charge in [-0.2, -0.15) is 0 Å². The molecule has 1 saturated heterocycles. The SMILES string of the molecule is CCC1CN(CC(O)[C@@H]2Cc3ccccc3CN2)C(=O)c2cc(NC3CCN(C(C)=O)CC3)ncc21. The highest BCUT2D eigenvalue weighted by Crippen LogP contribution is 2.32. The molecule has 36 heavy (non-hydrogen) atoms. The number of hydrogen-bond acceptors (Lipinski definition) is 6. The summed E-state index contributed by atoms with van der Waals surface area (Å²) in [5.74, 6) is 0.977. The topological polar surface area (TPSA) is 97.8 Å². The van der Waals surface area contributed by atoms with Crippen LogP contribution >= 0.6 is 0 Å². The lowest BCUT2D eigenvalue weighted by atomic mass is 9.88. The first-order chi connectivity index (χ1) is 17.4. The van der Waals surface area contributed by atoms with Gasteiger partial charge < -0.3 is 25.5 Å². The number of benzene rings is 1. The van der Waals surface area contributed by atoms with Crippen LogP contribution in [0.25, 0.3) is 0 Å². The summed E-state index contributed by atoms with van der Waals surface area (Å²) in [7, 11) is 0. The van der Waals surface area contributed by atoms with Crippen LogP contribution in [0.5, 0.6) is 0 Å². The number of β-amino-alcohol motifs (C(OH)–C–C–N with tert-alkyl or cyclic N) is 1. The smallest absolute Gasteiger partial charge is 0.254 e. The van der Waals surface area contributed by atoms with E-state index in [9.17, 15) is 14.7 Å². The van der Waals surface area contributed by atoms with Crippen molar-refractivity contribution in [3.63, 3.8) is 0 Å². The summed E-state index contributed by atoms with van der Waals surface area (Å²) in [5.41, 5.74) is 4.21. The largest absolute Gasteiger partial charge is 0.390 e. The summed E-state index contributed by atoms with van der Waals surface area (Å²) in [6.07, 6.45) is 4.58. The third-order valence-electron chi connectivity index (χ3n) is 8.10. The summed E-state index contributed by atoms with van der Waals surface area (Å²) in [6.45, 7) is 6.86. The highest BCUT2D eigenvalue weighted by Gasteiger charge is 2.34. The molecule has 192 valence electrons. The van der Waals surface area contributed by atoms with E-state index in [2.05, 4.69) is 34.7 Å². The third kappa shape index (κ3) is 5.11. The highest BCUT2D eigenvalue weighted by atomic mass is 16.3. The fourth-order valence-corrected chi connectivity index (χ4v) is 5.83. The van der Waals surface area contributed by atoms with Crippen LogP contribution in [0.2, 0.25) is 0 Å². The highest BCUT2D eigenvalue weighted by molar-refractivity contribution is 5.97. The molecule has 2 amide bonds. The Morgan fingerprint density at radius 1 is 1.25 bits per heavy atom. The maximum atomic E-state index is 13.6. The van der Waals surface area contributed by atoms with E-state index >= 15 is 0 Å². The molecule has 0 aliphatic carbocycles. The molecule has 5 rings (SSSR count). The number of aromatic nitrogens is 1. The van der Waals surface area contributed by atoms with Gasteiger partial charge in [0.15, 0.2) is 0 Å². The minimum absolute atomic E-state index is 0.0400. The number of amides is 2. The van der Waals surface area contributed by atoms with E-state index < -0.39 is 6.10 Å². The molecule has 8 heteroatoms. The Bertz CT molecular complexity index is 1110. The number of aliphatic hydroxyl groups is 1. The monoisotopic (exact) mass is 491 g/mol. The van der Waals surface area contributed by atoms with Crippen molar-refractivity contribution in [2.24, 2.45) is 0 Å². The van der Waals surface area contributed by atoms with Crippen molar-refractivity contribution < 1.29 is 14.7 Å². The lowest BCUT2D eigenvalue weighted by Crippen LogP contribution is -2.52. The number of aliphatic hydroxyl groups excluding tert-OH is 1. The maximum absolute atomic E-state index is 13.6. The van der Waals surface area contributed by atoms with E-state index in [0.717, 1.165) is 50.9 Å². The zero-order valence-corrected chi connectivity index (χ0v) is 21.2. The number of pyridine rings is 1. The Balaban J connectivity index is 1.27. The van der Waals surface area contributed by atoms with Gasteiger partial charge in [-0.25, -0.2) is 4.98 Å². The molecule has 3 aliphatic rings. The van der Waals surface area contributed by atoms with Gasteiger partial charge in [0, 0.05) is 69.4 Å². The van der Waals surface area contributed by atoms with Gasteiger partial charge in [0.05, 0.1) is 6.10 Å². The molecule has 1 aromatic carbocycles. The van der Waals surface area contributed by atoms with Crippen molar-refractivity contribution >= 4 is 17.6 Å². The average Bonchev–Trinajstić information content (AvgIpc) is 2.90. The minimum atomic E-state index is -0.646. The van der Waals surface area contributed by atoms with Crippen LogP contribution in [0.15, 0.2) is 36.5 Å². The first-order valence-corrected chi connectivity index (χ1v) is 13.2. The molecular weight excluding hydrogens is 454 g/mol. The van der Waals surface area contributed by atoms with Crippen LogP contribution in [0.1, 0.15) is 66.1 Å². The van der Waals surface area contributed by atoms with Crippen LogP contribution < -0.4 is 10.6 Å². The lowest BCUT2D eigenvalue weighted by molar-refractivity contribution is -0.129. The summed E-state index contributed by atoms with van der Waals surface area (Å²) in [5, 5.41) is 18.0. The van der Waals surface area contributed by atoms with Crippen LogP contribution in [0.3, 0.4) is 0 Å². The number of carbonyl (C=O) groups excluding carboxylic acids is 2. The van der Waals surface area contributed by atoms with Crippen molar-refractivity contribution in [1.82, 2.24) is 20.1 Å². The third-order valence-corrected chi connectivity index (χ3v) is 8.10. The lowest BCUT2D eigenvalue weighted by Gasteiger charge is -2.38. The van der Waals surface area contributed by atoms with Gasteiger partial charge in [0.1, 0.15) is 5.82 Å². The fourth-order valence-electron chi connectivity index (χ4n) is 5.83. The first-order valence-electron chi connectivity index (χ1n) is 13.2. The molecular formula is C28H37N5O3. The summed E-state index contributed by atoms with van der Waals surface area (Å²) < 4.78 is 0. The molecule has 3 N–H and O–H groups in total. The van der Waals surface area contributed by atoms with Crippen molar-refractivity contribution in [1.29, 1.82) is 0 Å². The van der Waals surface area contributed by atoms with E-state index in [1.165, 1.54) is 11.1 Å². The van der Waals surface area contributed by atoms with Gasteiger partial charge in [0.25, 0.3) is 5.91 Å². The number of nitrogens with one attached hydrogen (secondary N) is 2. The van der Waals surface area contributed by atoms with Gasteiger partial charge in [-0.15, -0.1) is 0 Å². The number of carbonyl (C=O) groups is 2. The van der Waals surface area contributed by atoms with Gasteiger partial charge >= 0.3 is 0 Å². The maximum Gasteiger partial charge on any atom is 0.254 e. The molecule has 3 atom stereocenters. The van der Waals surface area contributed by atoms with E-state index in [1.807, 2.05) is 34.2 Å². The normalized spacial score (nSPS) is 23.1. The molecule has 0 saturated carbocycles. The Morgan fingerprint density at radius 3 is 2.72 bits per heavy atom. The zero-order chi connectivity index (χ0) is 25.2. The number of piperidine rings is 1.